The molecule has 1 fully saturated rings. The van der Waals surface area contributed by atoms with Gasteiger partial charge in [-0.15, -0.1) is 0 Å². The zero-order chi connectivity index (χ0) is 14.0. The average molecular weight is 265 g/mol. The molecule has 104 valence electrons. The van der Waals surface area contributed by atoms with E-state index in [1.807, 2.05) is 0 Å². The molecule has 1 saturated heterocycles. The van der Waals surface area contributed by atoms with Crippen molar-refractivity contribution >= 4 is 11.6 Å². The Morgan fingerprint density at radius 2 is 2.26 bits per heavy atom. The summed E-state index contributed by atoms with van der Waals surface area (Å²) >= 11 is 0. The van der Waals surface area contributed by atoms with E-state index in [-0.39, 0.29) is 17.8 Å². The number of rotatable bonds is 3. The first-order chi connectivity index (χ1) is 8.99. The van der Waals surface area contributed by atoms with E-state index in [9.17, 15) is 9.18 Å². The van der Waals surface area contributed by atoms with Gasteiger partial charge in [0, 0.05) is 26.3 Å². The van der Waals surface area contributed by atoms with Crippen molar-refractivity contribution in [2.24, 2.45) is 0 Å². The quantitative estimate of drug-likeness (QED) is 0.842. The molecule has 0 aromatic heterocycles. The van der Waals surface area contributed by atoms with Crippen LogP contribution in [0.15, 0.2) is 18.2 Å². The van der Waals surface area contributed by atoms with E-state index in [1.54, 1.807) is 25.1 Å². The van der Waals surface area contributed by atoms with Gasteiger partial charge in [0.15, 0.2) is 0 Å². The first-order valence-electron chi connectivity index (χ1n) is 6.48. The summed E-state index contributed by atoms with van der Waals surface area (Å²) in [6, 6.07) is 4.35. The molecule has 1 aliphatic heterocycles. The van der Waals surface area contributed by atoms with E-state index in [0.29, 0.717) is 12.2 Å². The van der Waals surface area contributed by atoms with Gasteiger partial charge >= 0.3 is 0 Å². The number of likely N-dealkylation sites (tertiary alicyclic amines) is 1. The number of likely N-dealkylation sites (N-methyl/N-ethyl adjacent to an activating group) is 1. The SMILES string of the molecule is CN(C)C(=O)C1CCCN1Cc1ccc(F)cc1N. The second-order valence-electron chi connectivity index (χ2n) is 5.20. The van der Waals surface area contributed by atoms with E-state index in [2.05, 4.69) is 4.90 Å². The maximum atomic E-state index is 13.0. The maximum absolute atomic E-state index is 13.0. The second-order valence-corrected chi connectivity index (χ2v) is 5.20. The first kappa shape index (κ1) is 13.8. The Hall–Kier alpha value is -1.62. The van der Waals surface area contributed by atoms with Gasteiger partial charge < -0.3 is 10.6 Å². The molecule has 1 aliphatic rings. The Balaban J connectivity index is 2.11. The van der Waals surface area contributed by atoms with Crippen LogP contribution in [-0.2, 0) is 11.3 Å². The summed E-state index contributed by atoms with van der Waals surface area (Å²) in [5.74, 6) is -0.207. The lowest BCUT2D eigenvalue weighted by atomic mass is 10.1. The van der Waals surface area contributed by atoms with Crippen LogP contribution in [0.4, 0.5) is 10.1 Å². The molecule has 0 spiro atoms. The highest BCUT2D eigenvalue weighted by atomic mass is 19.1. The third-order valence-electron chi connectivity index (χ3n) is 3.57. The fourth-order valence-electron chi connectivity index (χ4n) is 2.52. The van der Waals surface area contributed by atoms with Gasteiger partial charge in [0.05, 0.1) is 6.04 Å². The van der Waals surface area contributed by atoms with Crippen LogP contribution in [0, 0.1) is 5.82 Å². The number of hydrogen-bond donors (Lipinski definition) is 1. The standard InChI is InChI=1S/C14H20FN3O/c1-17(2)14(19)13-4-3-7-18(13)9-10-5-6-11(15)8-12(10)16/h5-6,8,13H,3-4,7,9,16H2,1-2H3. The van der Waals surface area contributed by atoms with Crippen molar-refractivity contribution in [1.29, 1.82) is 0 Å². The maximum Gasteiger partial charge on any atom is 0.239 e. The smallest absolute Gasteiger partial charge is 0.239 e. The number of benzene rings is 1. The largest absolute Gasteiger partial charge is 0.398 e. The molecular formula is C14H20FN3O. The summed E-state index contributed by atoms with van der Waals surface area (Å²) in [7, 11) is 3.54. The first-order valence-corrected chi connectivity index (χ1v) is 6.48. The molecule has 1 aromatic rings. The number of halogens is 1. The van der Waals surface area contributed by atoms with Crippen molar-refractivity contribution in [2.45, 2.75) is 25.4 Å². The molecular weight excluding hydrogens is 245 g/mol. The zero-order valence-electron chi connectivity index (χ0n) is 11.4. The fourth-order valence-corrected chi connectivity index (χ4v) is 2.52. The second kappa shape index (κ2) is 5.57. The molecule has 0 radical (unpaired) electrons. The van der Waals surface area contributed by atoms with E-state index in [4.69, 9.17) is 5.73 Å². The van der Waals surface area contributed by atoms with Gasteiger partial charge in [0.25, 0.3) is 0 Å². The average Bonchev–Trinajstić information content (AvgIpc) is 2.79. The molecule has 2 rings (SSSR count). The molecule has 0 bridgehead atoms. The molecule has 5 heteroatoms. The summed E-state index contributed by atoms with van der Waals surface area (Å²) in [6.45, 7) is 1.47. The Labute approximate surface area is 113 Å². The molecule has 1 atom stereocenters. The van der Waals surface area contributed by atoms with Crippen LogP contribution in [-0.4, -0.2) is 42.4 Å². The molecule has 0 aliphatic carbocycles. The molecule has 0 saturated carbocycles. The number of anilines is 1. The minimum absolute atomic E-state index is 0.0838. The Morgan fingerprint density at radius 1 is 1.53 bits per heavy atom. The van der Waals surface area contributed by atoms with Crippen molar-refractivity contribution in [3.63, 3.8) is 0 Å². The van der Waals surface area contributed by atoms with Crippen molar-refractivity contribution in [3.8, 4) is 0 Å². The molecule has 19 heavy (non-hydrogen) atoms. The Kier molecular flexibility index (Phi) is 4.04. The summed E-state index contributed by atoms with van der Waals surface area (Å²) in [5, 5.41) is 0. The third kappa shape index (κ3) is 3.04. The lowest BCUT2D eigenvalue weighted by molar-refractivity contribution is -0.133. The molecule has 4 nitrogen and oxygen atoms in total. The molecule has 1 heterocycles. The Morgan fingerprint density at radius 3 is 2.89 bits per heavy atom. The van der Waals surface area contributed by atoms with Gasteiger partial charge in [0.2, 0.25) is 5.91 Å². The number of hydrogen-bond acceptors (Lipinski definition) is 3. The number of carbonyl (C=O) groups is 1. The van der Waals surface area contributed by atoms with Crippen LogP contribution in [0.2, 0.25) is 0 Å². The Bertz CT molecular complexity index is 476. The van der Waals surface area contributed by atoms with Crippen molar-refractivity contribution in [2.75, 3.05) is 26.4 Å². The van der Waals surface area contributed by atoms with E-state index in [1.165, 1.54) is 12.1 Å². The van der Waals surface area contributed by atoms with Crippen molar-refractivity contribution < 1.29 is 9.18 Å². The van der Waals surface area contributed by atoms with Gasteiger partial charge in [-0.3, -0.25) is 9.69 Å². The van der Waals surface area contributed by atoms with Crippen LogP contribution < -0.4 is 5.73 Å². The molecule has 2 N–H and O–H groups in total. The lowest BCUT2D eigenvalue weighted by Crippen LogP contribution is -2.42. The summed E-state index contributed by atoms with van der Waals surface area (Å²) < 4.78 is 13.0. The number of carbonyl (C=O) groups excluding carboxylic acids is 1. The predicted octanol–water partition coefficient (Wildman–Crippen LogP) is 1.46. The highest BCUT2D eigenvalue weighted by molar-refractivity contribution is 5.81. The van der Waals surface area contributed by atoms with Crippen molar-refractivity contribution in [3.05, 3.63) is 29.6 Å². The number of amides is 1. The monoisotopic (exact) mass is 265 g/mol. The summed E-state index contributed by atoms with van der Waals surface area (Å²) in [4.78, 5) is 15.8. The van der Waals surface area contributed by atoms with Gasteiger partial charge in [-0.2, -0.15) is 0 Å². The minimum Gasteiger partial charge on any atom is -0.398 e. The number of nitrogen functional groups attached to an aromatic ring is 1. The highest BCUT2D eigenvalue weighted by Gasteiger charge is 2.31. The topological polar surface area (TPSA) is 49.6 Å². The summed E-state index contributed by atoms with van der Waals surface area (Å²) in [6.07, 6.45) is 1.88. The molecule has 1 amide bonds. The van der Waals surface area contributed by atoms with Gasteiger partial charge in [0.1, 0.15) is 5.82 Å². The van der Waals surface area contributed by atoms with E-state index < -0.39 is 0 Å². The lowest BCUT2D eigenvalue weighted by Gasteiger charge is -2.26. The van der Waals surface area contributed by atoms with Gasteiger partial charge in [-0.1, -0.05) is 6.07 Å². The molecule has 1 unspecified atom stereocenters. The van der Waals surface area contributed by atoms with Crippen LogP contribution >= 0.6 is 0 Å². The molecule has 1 aromatic carbocycles. The normalized spacial score (nSPS) is 19.6. The highest BCUT2D eigenvalue weighted by Crippen LogP contribution is 2.23. The number of nitrogens with zero attached hydrogens (tertiary/aromatic N) is 2. The minimum atomic E-state index is -0.330. The zero-order valence-corrected chi connectivity index (χ0v) is 11.4. The number of nitrogens with two attached hydrogens (primary N) is 1. The van der Waals surface area contributed by atoms with Crippen LogP contribution in [0.1, 0.15) is 18.4 Å². The van der Waals surface area contributed by atoms with Crippen LogP contribution in [0.5, 0.6) is 0 Å². The predicted molar refractivity (Wildman–Crippen MR) is 72.9 cm³/mol. The third-order valence-corrected chi connectivity index (χ3v) is 3.57. The van der Waals surface area contributed by atoms with Crippen LogP contribution in [0.3, 0.4) is 0 Å². The summed E-state index contributed by atoms with van der Waals surface area (Å²) in [5.41, 5.74) is 7.14. The van der Waals surface area contributed by atoms with Crippen molar-refractivity contribution in [1.82, 2.24) is 9.80 Å². The fraction of sp³-hybridized carbons (Fsp3) is 0.500. The van der Waals surface area contributed by atoms with Gasteiger partial charge in [-0.05, 0) is 37.1 Å². The van der Waals surface area contributed by atoms with Gasteiger partial charge in [-0.25, -0.2) is 4.39 Å². The van der Waals surface area contributed by atoms with E-state index in [0.717, 1.165) is 24.9 Å². The van der Waals surface area contributed by atoms with E-state index >= 15 is 0 Å². The van der Waals surface area contributed by atoms with Crippen LogP contribution in [0.25, 0.3) is 0 Å².